The standard InChI is InChI=1S/C13H23N3O/c1-6-14-11(9-7-13(9,2)3)12-10(17-5)8-15-16(12)4/h8-9,11,14H,6-7H2,1-5H3. The third-order valence-corrected chi connectivity index (χ3v) is 3.88. The molecule has 2 unspecified atom stereocenters. The molecule has 1 N–H and O–H groups in total. The van der Waals surface area contributed by atoms with E-state index in [1.807, 2.05) is 11.7 Å². The molecule has 1 aliphatic carbocycles. The first-order valence-electron chi connectivity index (χ1n) is 6.30. The fourth-order valence-corrected chi connectivity index (χ4v) is 2.66. The Kier molecular flexibility index (Phi) is 3.17. The van der Waals surface area contributed by atoms with Crippen molar-refractivity contribution in [1.82, 2.24) is 15.1 Å². The van der Waals surface area contributed by atoms with Gasteiger partial charge in [-0.25, -0.2) is 0 Å². The number of aryl methyl sites for hydroxylation is 1. The van der Waals surface area contributed by atoms with E-state index < -0.39 is 0 Å². The van der Waals surface area contributed by atoms with Gasteiger partial charge in [0, 0.05) is 7.05 Å². The van der Waals surface area contributed by atoms with Gasteiger partial charge in [0.2, 0.25) is 0 Å². The van der Waals surface area contributed by atoms with E-state index in [-0.39, 0.29) is 0 Å². The van der Waals surface area contributed by atoms with E-state index in [1.54, 1.807) is 13.3 Å². The molecule has 0 amide bonds. The van der Waals surface area contributed by atoms with Crippen molar-refractivity contribution in [1.29, 1.82) is 0 Å². The highest BCUT2D eigenvalue weighted by molar-refractivity contribution is 5.30. The molecular weight excluding hydrogens is 214 g/mol. The molecule has 0 saturated heterocycles. The van der Waals surface area contributed by atoms with Crippen LogP contribution < -0.4 is 10.1 Å². The van der Waals surface area contributed by atoms with Crippen molar-refractivity contribution in [2.24, 2.45) is 18.4 Å². The Morgan fingerprint density at radius 2 is 2.29 bits per heavy atom. The van der Waals surface area contributed by atoms with E-state index in [0.29, 0.717) is 17.4 Å². The molecule has 1 aromatic heterocycles. The van der Waals surface area contributed by atoms with E-state index in [9.17, 15) is 0 Å². The minimum atomic E-state index is 0.345. The lowest BCUT2D eigenvalue weighted by Gasteiger charge is -2.21. The zero-order valence-electron chi connectivity index (χ0n) is 11.4. The summed E-state index contributed by atoms with van der Waals surface area (Å²) in [6.07, 6.45) is 3.06. The van der Waals surface area contributed by atoms with Crippen molar-refractivity contribution >= 4 is 0 Å². The van der Waals surface area contributed by atoms with E-state index in [0.717, 1.165) is 12.3 Å². The Labute approximate surface area is 103 Å². The minimum absolute atomic E-state index is 0.345. The van der Waals surface area contributed by atoms with Crippen molar-refractivity contribution in [2.45, 2.75) is 33.2 Å². The maximum atomic E-state index is 5.42. The average molecular weight is 237 g/mol. The Morgan fingerprint density at radius 1 is 1.65 bits per heavy atom. The van der Waals surface area contributed by atoms with Gasteiger partial charge < -0.3 is 10.1 Å². The Hall–Kier alpha value is -1.03. The average Bonchev–Trinajstić information content (AvgIpc) is 2.74. The summed E-state index contributed by atoms with van der Waals surface area (Å²) >= 11 is 0. The summed E-state index contributed by atoms with van der Waals surface area (Å²) in [5, 5.41) is 7.88. The lowest BCUT2D eigenvalue weighted by molar-refractivity contribution is 0.366. The number of methoxy groups -OCH3 is 1. The van der Waals surface area contributed by atoms with Gasteiger partial charge >= 0.3 is 0 Å². The van der Waals surface area contributed by atoms with Crippen LogP contribution >= 0.6 is 0 Å². The molecule has 2 atom stereocenters. The SMILES string of the molecule is CCNC(c1c(OC)cnn1C)C1CC1(C)C. The predicted molar refractivity (Wildman–Crippen MR) is 68.1 cm³/mol. The zero-order valence-corrected chi connectivity index (χ0v) is 11.4. The Balaban J connectivity index is 2.29. The van der Waals surface area contributed by atoms with Crippen LogP contribution in [-0.4, -0.2) is 23.4 Å². The second-order valence-electron chi connectivity index (χ2n) is 5.56. The van der Waals surface area contributed by atoms with E-state index in [4.69, 9.17) is 4.74 Å². The van der Waals surface area contributed by atoms with Crippen molar-refractivity contribution in [3.63, 3.8) is 0 Å². The summed E-state index contributed by atoms with van der Waals surface area (Å²) in [5.74, 6) is 1.56. The molecule has 1 saturated carbocycles. The van der Waals surface area contributed by atoms with Crippen molar-refractivity contribution in [2.75, 3.05) is 13.7 Å². The van der Waals surface area contributed by atoms with E-state index in [1.165, 1.54) is 12.1 Å². The number of nitrogens with one attached hydrogen (secondary N) is 1. The number of nitrogens with zero attached hydrogens (tertiary/aromatic N) is 2. The van der Waals surface area contributed by atoms with Crippen LogP contribution in [0.3, 0.4) is 0 Å². The van der Waals surface area contributed by atoms with Gasteiger partial charge in [-0.15, -0.1) is 0 Å². The third-order valence-electron chi connectivity index (χ3n) is 3.88. The summed E-state index contributed by atoms with van der Waals surface area (Å²) in [7, 11) is 3.69. The summed E-state index contributed by atoms with van der Waals surface area (Å²) in [6.45, 7) is 7.76. The van der Waals surface area contributed by atoms with Crippen LogP contribution in [0.4, 0.5) is 0 Å². The maximum absolute atomic E-state index is 5.42. The Morgan fingerprint density at radius 3 is 2.76 bits per heavy atom. The maximum Gasteiger partial charge on any atom is 0.161 e. The highest BCUT2D eigenvalue weighted by atomic mass is 16.5. The third kappa shape index (κ3) is 2.18. The molecule has 17 heavy (non-hydrogen) atoms. The van der Waals surface area contributed by atoms with E-state index >= 15 is 0 Å². The summed E-state index contributed by atoms with van der Waals surface area (Å²) in [4.78, 5) is 0. The molecule has 0 radical (unpaired) electrons. The van der Waals surface area contributed by atoms with Gasteiger partial charge in [0.1, 0.15) is 0 Å². The van der Waals surface area contributed by atoms with Crippen molar-refractivity contribution < 1.29 is 4.74 Å². The van der Waals surface area contributed by atoms with Crippen LogP contribution in [0.25, 0.3) is 0 Å². The predicted octanol–water partition coefficient (Wildman–Crippen LogP) is 2.13. The van der Waals surface area contributed by atoms with Crippen LogP contribution in [0.1, 0.15) is 38.9 Å². The topological polar surface area (TPSA) is 39.1 Å². The molecule has 0 spiro atoms. The molecule has 4 heteroatoms. The summed E-state index contributed by atoms with van der Waals surface area (Å²) in [6, 6.07) is 0.345. The fourth-order valence-electron chi connectivity index (χ4n) is 2.66. The quantitative estimate of drug-likeness (QED) is 0.852. The van der Waals surface area contributed by atoms with Crippen LogP contribution in [0.15, 0.2) is 6.20 Å². The molecule has 1 fully saturated rings. The molecule has 0 aromatic carbocycles. The Bertz CT molecular complexity index is 397. The second kappa shape index (κ2) is 4.33. The first-order chi connectivity index (χ1) is 8.01. The van der Waals surface area contributed by atoms with Crippen LogP contribution in [0.2, 0.25) is 0 Å². The van der Waals surface area contributed by atoms with Gasteiger partial charge in [-0.1, -0.05) is 20.8 Å². The zero-order chi connectivity index (χ0) is 12.6. The molecule has 0 bridgehead atoms. The molecular formula is C13H23N3O. The van der Waals surface area contributed by atoms with Crippen molar-refractivity contribution in [3.8, 4) is 5.75 Å². The van der Waals surface area contributed by atoms with Crippen molar-refractivity contribution in [3.05, 3.63) is 11.9 Å². The molecule has 1 aliphatic rings. The number of rotatable bonds is 5. The highest BCUT2D eigenvalue weighted by Gasteiger charge is 2.51. The van der Waals surface area contributed by atoms with Crippen LogP contribution in [-0.2, 0) is 7.05 Å². The van der Waals surface area contributed by atoms with Gasteiger partial charge in [0.15, 0.2) is 5.75 Å². The van der Waals surface area contributed by atoms with E-state index in [2.05, 4.69) is 31.2 Å². The van der Waals surface area contributed by atoms with Gasteiger partial charge in [0.25, 0.3) is 0 Å². The van der Waals surface area contributed by atoms with Gasteiger partial charge in [-0.05, 0) is 24.3 Å². The molecule has 1 aromatic rings. The second-order valence-corrected chi connectivity index (χ2v) is 5.56. The highest BCUT2D eigenvalue weighted by Crippen LogP contribution is 2.58. The van der Waals surface area contributed by atoms with Gasteiger partial charge in [-0.3, -0.25) is 4.68 Å². The van der Waals surface area contributed by atoms with Gasteiger partial charge in [-0.2, -0.15) is 5.10 Å². The number of ether oxygens (including phenoxy) is 1. The normalized spacial score (nSPS) is 23.5. The smallest absolute Gasteiger partial charge is 0.161 e. The molecule has 4 nitrogen and oxygen atoms in total. The molecule has 0 aliphatic heterocycles. The number of hydrogen-bond acceptors (Lipinski definition) is 3. The fraction of sp³-hybridized carbons (Fsp3) is 0.769. The first-order valence-corrected chi connectivity index (χ1v) is 6.30. The monoisotopic (exact) mass is 237 g/mol. The lowest BCUT2D eigenvalue weighted by Crippen LogP contribution is -2.26. The molecule has 2 rings (SSSR count). The largest absolute Gasteiger partial charge is 0.493 e. The van der Waals surface area contributed by atoms with Gasteiger partial charge in [0.05, 0.1) is 25.0 Å². The molecule has 96 valence electrons. The number of aromatic nitrogens is 2. The molecule has 1 heterocycles. The van der Waals surface area contributed by atoms with Crippen LogP contribution in [0.5, 0.6) is 5.75 Å². The number of hydrogen-bond donors (Lipinski definition) is 1. The summed E-state index contributed by atoms with van der Waals surface area (Å²) in [5.41, 5.74) is 1.60. The minimum Gasteiger partial charge on any atom is -0.493 e. The first kappa shape index (κ1) is 12.4. The lowest BCUT2D eigenvalue weighted by atomic mass is 10.0. The van der Waals surface area contributed by atoms with Crippen LogP contribution in [0, 0.1) is 11.3 Å². The summed E-state index contributed by atoms with van der Waals surface area (Å²) < 4.78 is 7.35.